The van der Waals surface area contributed by atoms with E-state index in [1.807, 2.05) is 4.72 Å². The molecule has 0 fully saturated rings. The van der Waals surface area contributed by atoms with Gasteiger partial charge in [0.05, 0.1) is 15.1 Å². The van der Waals surface area contributed by atoms with Gasteiger partial charge in [0, 0.05) is 11.8 Å². The minimum Gasteiger partial charge on any atom is -0.399 e. The maximum absolute atomic E-state index is 13.7. The number of anilines is 2. The molecular weight excluding hydrogens is 366 g/mol. The monoisotopic (exact) mass is 376 g/mol. The number of aryl methyl sites for hydroxylation is 1. The Morgan fingerprint density at radius 2 is 1.81 bits per heavy atom. The molecule has 0 spiro atoms. The lowest BCUT2D eigenvalue weighted by Crippen LogP contribution is -2.14. The summed E-state index contributed by atoms with van der Waals surface area (Å²) in [6.45, 7) is 1.65. The number of hydrogen-bond donors (Lipinski definition) is 2. The van der Waals surface area contributed by atoms with Crippen molar-refractivity contribution in [2.75, 3.05) is 10.5 Å². The zero-order valence-electron chi connectivity index (χ0n) is 10.8. The summed E-state index contributed by atoms with van der Waals surface area (Å²) >= 11 is 2.82. The van der Waals surface area contributed by atoms with Crippen LogP contribution in [0.1, 0.15) is 5.56 Å². The number of sulfonamides is 1. The molecule has 0 heterocycles. The molecule has 0 saturated heterocycles. The average Bonchev–Trinajstić information content (AvgIpc) is 2.39. The SMILES string of the molecule is Cc1cc(S(=O)(=O)Nc2cc(F)c(Br)cc2F)ccc1N. The van der Waals surface area contributed by atoms with Crippen LogP contribution >= 0.6 is 15.9 Å². The molecule has 0 aliphatic rings. The van der Waals surface area contributed by atoms with Crippen LogP contribution in [0.25, 0.3) is 0 Å². The van der Waals surface area contributed by atoms with E-state index in [9.17, 15) is 17.2 Å². The first-order valence-corrected chi connectivity index (χ1v) is 8.02. The van der Waals surface area contributed by atoms with Crippen molar-refractivity contribution in [1.29, 1.82) is 0 Å². The van der Waals surface area contributed by atoms with Gasteiger partial charge in [0.15, 0.2) is 0 Å². The Bertz CT molecular complexity index is 810. The molecule has 2 aromatic rings. The predicted molar refractivity (Wildman–Crippen MR) is 80.5 cm³/mol. The molecule has 2 aromatic carbocycles. The van der Waals surface area contributed by atoms with E-state index in [0.717, 1.165) is 12.1 Å². The summed E-state index contributed by atoms with van der Waals surface area (Å²) in [4.78, 5) is -0.0862. The van der Waals surface area contributed by atoms with Crippen molar-refractivity contribution in [3.63, 3.8) is 0 Å². The number of hydrogen-bond acceptors (Lipinski definition) is 3. The molecule has 0 aromatic heterocycles. The Morgan fingerprint density at radius 3 is 2.43 bits per heavy atom. The van der Waals surface area contributed by atoms with E-state index in [4.69, 9.17) is 5.73 Å². The largest absolute Gasteiger partial charge is 0.399 e. The number of benzene rings is 2. The summed E-state index contributed by atoms with van der Waals surface area (Å²) in [5.41, 5.74) is 6.16. The maximum atomic E-state index is 13.7. The topological polar surface area (TPSA) is 72.2 Å². The fourth-order valence-electron chi connectivity index (χ4n) is 1.62. The van der Waals surface area contributed by atoms with Gasteiger partial charge in [-0.15, -0.1) is 0 Å². The fraction of sp³-hybridized carbons (Fsp3) is 0.0769. The highest BCUT2D eigenvalue weighted by Crippen LogP contribution is 2.26. The first kappa shape index (κ1) is 15.7. The van der Waals surface area contributed by atoms with E-state index in [1.165, 1.54) is 18.2 Å². The first-order chi connectivity index (χ1) is 9.70. The molecule has 0 aliphatic heterocycles. The van der Waals surface area contributed by atoms with Crippen LogP contribution in [-0.4, -0.2) is 8.42 Å². The number of halogens is 3. The first-order valence-electron chi connectivity index (χ1n) is 5.74. The normalized spacial score (nSPS) is 11.4. The van der Waals surface area contributed by atoms with E-state index < -0.39 is 27.3 Å². The Balaban J connectivity index is 2.42. The maximum Gasteiger partial charge on any atom is 0.261 e. The van der Waals surface area contributed by atoms with Crippen LogP contribution in [0.4, 0.5) is 20.2 Å². The van der Waals surface area contributed by atoms with Gasteiger partial charge in [0.1, 0.15) is 11.6 Å². The van der Waals surface area contributed by atoms with E-state index >= 15 is 0 Å². The van der Waals surface area contributed by atoms with Gasteiger partial charge in [-0.3, -0.25) is 4.72 Å². The zero-order chi connectivity index (χ0) is 15.8. The molecule has 8 heteroatoms. The molecule has 0 saturated carbocycles. The summed E-state index contributed by atoms with van der Waals surface area (Å²) < 4.78 is 53.3. The standard InChI is InChI=1S/C13H11BrF2N2O2S/c1-7-4-8(2-3-12(7)17)21(19,20)18-13-6-10(15)9(14)5-11(13)16/h2-6,18H,17H2,1H3. The second-order valence-corrected chi connectivity index (χ2v) is 6.91. The second kappa shape index (κ2) is 5.61. The second-order valence-electron chi connectivity index (χ2n) is 4.37. The quantitative estimate of drug-likeness (QED) is 0.636. The van der Waals surface area contributed by atoms with E-state index in [2.05, 4.69) is 15.9 Å². The molecule has 0 atom stereocenters. The highest BCUT2D eigenvalue weighted by atomic mass is 79.9. The summed E-state index contributed by atoms with van der Waals surface area (Å²) in [5.74, 6) is -1.67. The van der Waals surface area contributed by atoms with Gasteiger partial charge in [0.2, 0.25) is 0 Å². The van der Waals surface area contributed by atoms with Crippen molar-refractivity contribution in [1.82, 2.24) is 0 Å². The average molecular weight is 377 g/mol. The van der Waals surface area contributed by atoms with E-state index in [0.29, 0.717) is 11.3 Å². The minimum atomic E-state index is -4.03. The van der Waals surface area contributed by atoms with Crippen molar-refractivity contribution in [3.05, 3.63) is 52.0 Å². The molecular formula is C13H11BrF2N2O2S. The van der Waals surface area contributed by atoms with Crippen molar-refractivity contribution in [2.24, 2.45) is 0 Å². The number of nitrogens with one attached hydrogen (secondary N) is 1. The molecule has 2 rings (SSSR count). The molecule has 0 aliphatic carbocycles. The van der Waals surface area contributed by atoms with Gasteiger partial charge in [-0.25, -0.2) is 17.2 Å². The van der Waals surface area contributed by atoms with E-state index in [-0.39, 0.29) is 9.37 Å². The Hall–Kier alpha value is -1.67. The van der Waals surface area contributed by atoms with Gasteiger partial charge in [-0.2, -0.15) is 0 Å². The van der Waals surface area contributed by atoms with Crippen molar-refractivity contribution < 1.29 is 17.2 Å². The summed E-state index contributed by atoms with van der Waals surface area (Å²) in [6, 6.07) is 5.69. The van der Waals surface area contributed by atoms with Gasteiger partial charge >= 0.3 is 0 Å². The molecule has 4 nitrogen and oxygen atoms in total. The van der Waals surface area contributed by atoms with Gasteiger partial charge < -0.3 is 5.73 Å². The Kier molecular flexibility index (Phi) is 4.20. The van der Waals surface area contributed by atoms with Crippen molar-refractivity contribution in [3.8, 4) is 0 Å². The van der Waals surface area contributed by atoms with Crippen LogP contribution in [-0.2, 0) is 10.0 Å². The number of nitrogens with two attached hydrogens (primary N) is 1. The van der Waals surface area contributed by atoms with Gasteiger partial charge in [-0.1, -0.05) is 0 Å². The van der Waals surface area contributed by atoms with Gasteiger partial charge in [-0.05, 0) is 52.7 Å². The molecule has 0 radical (unpaired) electrons. The van der Waals surface area contributed by atoms with Crippen LogP contribution < -0.4 is 10.5 Å². The fourth-order valence-corrected chi connectivity index (χ4v) is 3.08. The Labute approximate surface area is 129 Å². The number of nitrogen functional groups attached to an aromatic ring is 1. The molecule has 0 bridgehead atoms. The lowest BCUT2D eigenvalue weighted by atomic mass is 10.2. The lowest BCUT2D eigenvalue weighted by Gasteiger charge is -2.11. The number of rotatable bonds is 3. The summed E-state index contributed by atoms with van der Waals surface area (Å²) in [7, 11) is -4.03. The van der Waals surface area contributed by atoms with Crippen LogP contribution in [0.2, 0.25) is 0 Å². The van der Waals surface area contributed by atoms with E-state index in [1.54, 1.807) is 6.92 Å². The predicted octanol–water partition coefficient (Wildman–Crippen LogP) is 3.42. The minimum absolute atomic E-state index is 0.0862. The molecule has 3 N–H and O–H groups in total. The van der Waals surface area contributed by atoms with Crippen LogP contribution in [0, 0.1) is 18.6 Å². The highest BCUT2D eigenvalue weighted by Gasteiger charge is 2.18. The molecule has 112 valence electrons. The molecule has 21 heavy (non-hydrogen) atoms. The van der Waals surface area contributed by atoms with Crippen molar-refractivity contribution in [2.45, 2.75) is 11.8 Å². The highest BCUT2D eigenvalue weighted by molar-refractivity contribution is 9.10. The third-order valence-corrected chi connectivity index (χ3v) is 4.78. The van der Waals surface area contributed by atoms with Crippen LogP contribution in [0.3, 0.4) is 0 Å². The molecule has 0 unspecified atom stereocenters. The molecule has 0 amide bonds. The Morgan fingerprint density at radius 1 is 1.14 bits per heavy atom. The van der Waals surface area contributed by atoms with Crippen LogP contribution in [0.15, 0.2) is 39.7 Å². The van der Waals surface area contributed by atoms with Gasteiger partial charge in [0.25, 0.3) is 10.0 Å². The summed E-state index contributed by atoms with van der Waals surface area (Å²) in [6.07, 6.45) is 0. The van der Waals surface area contributed by atoms with Crippen LogP contribution in [0.5, 0.6) is 0 Å². The third-order valence-electron chi connectivity index (χ3n) is 2.81. The lowest BCUT2D eigenvalue weighted by molar-refractivity contribution is 0.591. The zero-order valence-corrected chi connectivity index (χ0v) is 13.2. The summed E-state index contributed by atoms with van der Waals surface area (Å²) in [5, 5.41) is 0. The van der Waals surface area contributed by atoms with Crippen molar-refractivity contribution >= 4 is 37.3 Å². The third kappa shape index (κ3) is 3.33. The smallest absolute Gasteiger partial charge is 0.261 e.